The van der Waals surface area contributed by atoms with Crippen molar-refractivity contribution in [2.45, 2.75) is 33.6 Å². The van der Waals surface area contributed by atoms with Gasteiger partial charge in [-0.2, -0.15) is 0 Å². The standard InChI is InChI=1S/C11H16O/c1-5-6-9-7-10(8(2)12)11(9,3)4/h1,9-10H,6-7H2,2-4H3/t9-,10-/m0/s1. The number of hydrogen-bond donors (Lipinski definition) is 0. The van der Waals surface area contributed by atoms with Crippen LogP contribution >= 0.6 is 0 Å². The Bertz CT molecular complexity index is 232. The zero-order chi connectivity index (χ0) is 9.35. The molecule has 0 unspecified atom stereocenters. The number of Topliss-reactive ketones (excluding diaryl/α,β-unsaturated/α-hetero) is 1. The molecule has 0 N–H and O–H groups in total. The van der Waals surface area contributed by atoms with E-state index in [1.165, 1.54) is 0 Å². The Hall–Kier alpha value is -0.770. The molecule has 0 bridgehead atoms. The van der Waals surface area contributed by atoms with Crippen LogP contribution in [0.4, 0.5) is 0 Å². The van der Waals surface area contributed by atoms with Crippen molar-refractivity contribution in [3.8, 4) is 12.3 Å². The fourth-order valence-corrected chi connectivity index (χ4v) is 2.19. The van der Waals surface area contributed by atoms with Crippen molar-refractivity contribution in [3.05, 3.63) is 0 Å². The molecule has 12 heavy (non-hydrogen) atoms. The lowest BCUT2D eigenvalue weighted by Crippen LogP contribution is -2.47. The van der Waals surface area contributed by atoms with E-state index in [-0.39, 0.29) is 11.3 Å². The van der Waals surface area contributed by atoms with Crippen LogP contribution in [0.5, 0.6) is 0 Å². The predicted octanol–water partition coefficient (Wildman–Crippen LogP) is 2.26. The molecule has 0 radical (unpaired) electrons. The molecule has 0 aliphatic heterocycles. The molecule has 0 aromatic carbocycles. The average molecular weight is 164 g/mol. The van der Waals surface area contributed by atoms with E-state index in [2.05, 4.69) is 19.8 Å². The number of ketones is 1. The molecular weight excluding hydrogens is 148 g/mol. The molecule has 1 fully saturated rings. The lowest BCUT2D eigenvalue weighted by molar-refractivity contribution is -0.135. The number of hydrogen-bond acceptors (Lipinski definition) is 1. The molecule has 0 spiro atoms. The molecule has 1 nitrogen and oxygen atoms in total. The van der Waals surface area contributed by atoms with Gasteiger partial charge in [-0.1, -0.05) is 13.8 Å². The first-order valence-corrected chi connectivity index (χ1v) is 4.44. The first-order valence-electron chi connectivity index (χ1n) is 4.44. The molecule has 0 heterocycles. The monoisotopic (exact) mass is 164 g/mol. The highest BCUT2D eigenvalue weighted by atomic mass is 16.1. The van der Waals surface area contributed by atoms with Crippen LogP contribution in [0.25, 0.3) is 0 Å². The summed E-state index contributed by atoms with van der Waals surface area (Å²) in [6.07, 6.45) is 7.06. The average Bonchev–Trinajstić information content (AvgIpc) is 1.96. The molecule has 2 atom stereocenters. The third kappa shape index (κ3) is 1.27. The zero-order valence-corrected chi connectivity index (χ0v) is 8.05. The van der Waals surface area contributed by atoms with Gasteiger partial charge in [-0.3, -0.25) is 4.79 Å². The SMILES string of the molecule is C#CC[C@H]1C[C@@H](C(C)=O)C1(C)C. The largest absolute Gasteiger partial charge is 0.300 e. The second-order valence-corrected chi connectivity index (χ2v) is 4.33. The fraction of sp³-hybridized carbons (Fsp3) is 0.727. The summed E-state index contributed by atoms with van der Waals surface area (Å²) < 4.78 is 0. The molecule has 0 aromatic rings. The summed E-state index contributed by atoms with van der Waals surface area (Å²) >= 11 is 0. The van der Waals surface area contributed by atoms with Crippen molar-refractivity contribution in [2.24, 2.45) is 17.3 Å². The molecule has 1 aliphatic rings. The summed E-state index contributed by atoms with van der Waals surface area (Å²) in [6, 6.07) is 0. The molecule has 66 valence electrons. The van der Waals surface area contributed by atoms with Crippen LogP contribution in [0.15, 0.2) is 0 Å². The van der Waals surface area contributed by atoms with Crippen LogP contribution in [-0.4, -0.2) is 5.78 Å². The molecule has 0 aromatic heterocycles. The summed E-state index contributed by atoms with van der Waals surface area (Å²) in [5.41, 5.74) is 0.137. The molecule has 1 saturated carbocycles. The quantitative estimate of drug-likeness (QED) is 0.572. The van der Waals surface area contributed by atoms with Gasteiger partial charge in [-0.15, -0.1) is 12.3 Å². The number of carbonyl (C=O) groups is 1. The lowest BCUT2D eigenvalue weighted by atomic mass is 9.53. The van der Waals surface area contributed by atoms with Gasteiger partial charge in [0.15, 0.2) is 0 Å². The number of rotatable bonds is 2. The Kier molecular flexibility index (Phi) is 2.28. The molecule has 0 amide bonds. The van der Waals surface area contributed by atoms with Gasteiger partial charge in [0.05, 0.1) is 0 Å². The van der Waals surface area contributed by atoms with Gasteiger partial charge in [-0.25, -0.2) is 0 Å². The van der Waals surface area contributed by atoms with Crippen molar-refractivity contribution < 1.29 is 4.79 Å². The van der Waals surface area contributed by atoms with Crippen LogP contribution in [0.1, 0.15) is 33.6 Å². The van der Waals surface area contributed by atoms with E-state index >= 15 is 0 Å². The summed E-state index contributed by atoms with van der Waals surface area (Å²) in [7, 11) is 0. The highest BCUT2D eigenvalue weighted by Gasteiger charge is 2.49. The van der Waals surface area contributed by atoms with Gasteiger partial charge in [0.25, 0.3) is 0 Å². The van der Waals surface area contributed by atoms with Crippen molar-refractivity contribution in [2.75, 3.05) is 0 Å². The first kappa shape index (κ1) is 9.32. The Morgan fingerprint density at radius 3 is 2.58 bits per heavy atom. The maximum Gasteiger partial charge on any atom is 0.133 e. The zero-order valence-electron chi connectivity index (χ0n) is 8.05. The minimum Gasteiger partial charge on any atom is -0.300 e. The Balaban J connectivity index is 2.61. The van der Waals surface area contributed by atoms with E-state index < -0.39 is 0 Å². The van der Waals surface area contributed by atoms with Gasteiger partial charge in [0.2, 0.25) is 0 Å². The first-order chi connectivity index (χ1) is 5.50. The molecule has 1 heteroatoms. The van der Waals surface area contributed by atoms with Crippen molar-refractivity contribution in [1.29, 1.82) is 0 Å². The van der Waals surface area contributed by atoms with Crippen LogP contribution < -0.4 is 0 Å². The third-order valence-corrected chi connectivity index (χ3v) is 3.33. The van der Waals surface area contributed by atoms with Crippen molar-refractivity contribution in [1.82, 2.24) is 0 Å². The molecule has 0 saturated heterocycles. The van der Waals surface area contributed by atoms with E-state index in [1.54, 1.807) is 6.92 Å². The summed E-state index contributed by atoms with van der Waals surface area (Å²) in [4.78, 5) is 11.1. The fourth-order valence-electron chi connectivity index (χ4n) is 2.19. The minimum absolute atomic E-state index is 0.137. The number of terminal acetylenes is 1. The maximum absolute atomic E-state index is 11.1. The van der Waals surface area contributed by atoms with E-state index in [4.69, 9.17) is 6.42 Å². The number of carbonyl (C=O) groups excluding carboxylic acids is 1. The summed E-state index contributed by atoms with van der Waals surface area (Å²) in [5.74, 6) is 3.79. The second-order valence-electron chi connectivity index (χ2n) is 4.33. The highest BCUT2D eigenvalue weighted by Crippen LogP contribution is 2.52. The maximum atomic E-state index is 11.1. The topological polar surface area (TPSA) is 17.1 Å². The Morgan fingerprint density at radius 2 is 2.25 bits per heavy atom. The van der Waals surface area contributed by atoms with Gasteiger partial charge in [0.1, 0.15) is 5.78 Å². The van der Waals surface area contributed by atoms with Crippen LogP contribution in [0.2, 0.25) is 0 Å². The van der Waals surface area contributed by atoms with Crippen molar-refractivity contribution in [3.63, 3.8) is 0 Å². The van der Waals surface area contributed by atoms with Gasteiger partial charge >= 0.3 is 0 Å². The van der Waals surface area contributed by atoms with Crippen molar-refractivity contribution >= 4 is 5.78 Å². The van der Waals surface area contributed by atoms with Crippen LogP contribution in [-0.2, 0) is 4.79 Å². The van der Waals surface area contributed by atoms with Crippen LogP contribution in [0.3, 0.4) is 0 Å². The van der Waals surface area contributed by atoms with Gasteiger partial charge in [0, 0.05) is 12.3 Å². The molecule has 1 aliphatic carbocycles. The predicted molar refractivity (Wildman–Crippen MR) is 49.5 cm³/mol. The highest BCUT2D eigenvalue weighted by molar-refractivity contribution is 5.80. The van der Waals surface area contributed by atoms with E-state index in [0.717, 1.165) is 12.8 Å². The molecule has 1 rings (SSSR count). The van der Waals surface area contributed by atoms with E-state index in [0.29, 0.717) is 11.7 Å². The van der Waals surface area contributed by atoms with Gasteiger partial charge < -0.3 is 0 Å². The molecular formula is C11H16O. The Morgan fingerprint density at radius 1 is 1.67 bits per heavy atom. The Labute approximate surface area is 74.5 Å². The van der Waals surface area contributed by atoms with E-state index in [1.807, 2.05) is 0 Å². The van der Waals surface area contributed by atoms with Gasteiger partial charge in [-0.05, 0) is 24.7 Å². The third-order valence-electron chi connectivity index (χ3n) is 3.33. The second kappa shape index (κ2) is 2.94. The lowest BCUT2D eigenvalue weighted by Gasteiger charge is -2.50. The van der Waals surface area contributed by atoms with Crippen LogP contribution in [0, 0.1) is 29.6 Å². The summed E-state index contributed by atoms with van der Waals surface area (Å²) in [6.45, 7) is 5.97. The smallest absolute Gasteiger partial charge is 0.133 e. The normalized spacial score (nSPS) is 31.8. The summed E-state index contributed by atoms with van der Waals surface area (Å²) in [5, 5.41) is 0. The van der Waals surface area contributed by atoms with E-state index in [9.17, 15) is 4.79 Å². The minimum atomic E-state index is 0.137.